The fourth-order valence-electron chi connectivity index (χ4n) is 5.43. The van der Waals surface area contributed by atoms with Gasteiger partial charge < -0.3 is 24.4 Å². The maximum absolute atomic E-state index is 12.2. The third kappa shape index (κ3) is 1.86. The van der Waals surface area contributed by atoms with Gasteiger partial charge in [0.25, 0.3) is 0 Å². The summed E-state index contributed by atoms with van der Waals surface area (Å²) in [5, 5.41) is 21.4. The standard InChI is InChI=1S/C19H26O6/c1-10(2)16(22)25-14-13(21)15-19(9-23-19)17(14,4)18(8-20)6-5-11(3)7-12(18)24-15/h7,12-15,20-21H,1,5-6,8-9H2,2-4H3/t12-,13-,14-,15-,17-,18-,19+/m1/s1. The first-order chi connectivity index (χ1) is 11.7. The highest BCUT2D eigenvalue weighted by Crippen LogP contribution is 2.71. The number of esters is 1. The molecule has 1 spiro atoms. The number of fused-ring (bicyclic) bond motifs is 2. The first-order valence-electron chi connectivity index (χ1n) is 8.86. The molecule has 0 aromatic heterocycles. The van der Waals surface area contributed by atoms with Gasteiger partial charge in [0.05, 0.1) is 24.7 Å². The number of aliphatic hydroxyl groups is 2. The first kappa shape index (κ1) is 17.2. The maximum atomic E-state index is 12.2. The zero-order chi connectivity index (χ0) is 18.2. The van der Waals surface area contributed by atoms with Crippen LogP contribution in [0.5, 0.6) is 0 Å². The van der Waals surface area contributed by atoms with Gasteiger partial charge >= 0.3 is 5.97 Å². The van der Waals surface area contributed by atoms with Gasteiger partial charge in [-0.2, -0.15) is 0 Å². The fourth-order valence-corrected chi connectivity index (χ4v) is 5.43. The fraction of sp³-hybridized carbons (Fsp3) is 0.737. The molecule has 4 aliphatic rings. The van der Waals surface area contributed by atoms with E-state index in [0.29, 0.717) is 13.0 Å². The van der Waals surface area contributed by atoms with E-state index in [1.165, 1.54) is 5.57 Å². The second-order valence-corrected chi connectivity index (χ2v) is 8.28. The quantitative estimate of drug-likeness (QED) is 0.343. The van der Waals surface area contributed by atoms with Gasteiger partial charge in [-0.15, -0.1) is 0 Å². The molecule has 0 aromatic carbocycles. The van der Waals surface area contributed by atoms with Crippen molar-refractivity contribution in [2.45, 2.75) is 63.6 Å². The summed E-state index contributed by atoms with van der Waals surface area (Å²) in [7, 11) is 0. The van der Waals surface area contributed by atoms with E-state index < -0.39 is 40.7 Å². The highest BCUT2D eigenvalue weighted by Gasteiger charge is 2.85. The highest BCUT2D eigenvalue weighted by molar-refractivity contribution is 5.87. The molecule has 1 saturated carbocycles. The Labute approximate surface area is 147 Å². The minimum Gasteiger partial charge on any atom is -0.455 e. The van der Waals surface area contributed by atoms with Gasteiger partial charge in [-0.25, -0.2) is 4.79 Å². The highest BCUT2D eigenvalue weighted by atomic mass is 16.7. The van der Waals surface area contributed by atoms with E-state index in [1.807, 2.05) is 19.9 Å². The molecule has 2 saturated heterocycles. The van der Waals surface area contributed by atoms with Crippen LogP contribution in [0.1, 0.15) is 33.6 Å². The largest absolute Gasteiger partial charge is 0.455 e. The van der Waals surface area contributed by atoms with Crippen LogP contribution in [-0.4, -0.2) is 59.4 Å². The van der Waals surface area contributed by atoms with E-state index in [-0.39, 0.29) is 18.3 Å². The predicted octanol–water partition coefficient (Wildman–Crippen LogP) is 1.11. The maximum Gasteiger partial charge on any atom is 0.333 e. The smallest absolute Gasteiger partial charge is 0.333 e. The topological polar surface area (TPSA) is 88.5 Å². The van der Waals surface area contributed by atoms with Crippen molar-refractivity contribution in [3.05, 3.63) is 23.8 Å². The lowest BCUT2D eigenvalue weighted by atomic mass is 9.51. The minimum absolute atomic E-state index is 0.121. The Bertz CT molecular complexity index is 665. The van der Waals surface area contributed by atoms with Crippen LogP contribution in [0.4, 0.5) is 0 Å². The molecule has 7 atom stereocenters. The first-order valence-corrected chi connectivity index (χ1v) is 8.86. The van der Waals surface area contributed by atoms with Gasteiger partial charge in [0.1, 0.15) is 23.9 Å². The van der Waals surface area contributed by atoms with Gasteiger partial charge in [0, 0.05) is 11.0 Å². The normalized spacial score (nSPS) is 50.2. The van der Waals surface area contributed by atoms with E-state index in [4.69, 9.17) is 14.2 Å². The Kier molecular flexibility index (Phi) is 3.55. The third-order valence-electron chi connectivity index (χ3n) is 7.12. The summed E-state index contributed by atoms with van der Waals surface area (Å²) in [6.45, 7) is 9.54. The Morgan fingerprint density at radius 2 is 2.20 bits per heavy atom. The molecular weight excluding hydrogens is 324 g/mol. The van der Waals surface area contributed by atoms with Crippen molar-refractivity contribution >= 4 is 5.97 Å². The summed E-state index contributed by atoms with van der Waals surface area (Å²) in [5.74, 6) is -0.541. The molecule has 6 nitrogen and oxygen atoms in total. The molecule has 0 radical (unpaired) electrons. The number of epoxide rings is 1. The number of rotatable bonds is 3. The summed E-state index contributed by atoms with van der Waals surface area (Å²) in [4.78, 5) is 12.2. The van der Waals surface area contributed by atoms with Gasteiger partial charge in [0.15, 0.2) is 0 Å². The molecule has 2 N–H and O–H groups in total. The molecule has 0 aromatic rings. The van der Waals surface area contributed by atoms with Crippen molar-refractivity contribution in [3.8, 4) is 0 Å². The number of aliphatic hydroxyl groups excluding tert-OH is 2. The zero-order valence-corrected chi connectivity index (χ0v) is 14.9. The summed E-state index contributed by atoms with van der Waals surface area (Å²) in [5.41, 5.74) is -0.654. The molecule has 0 unspecified atom stereocenters. The van der Waals surface area contributed by atoms with Crippen LogP contribution >= 0.6 is 0 Å². The molecule has 4 rings (SSSR count). The van der Waals surface area contributed by atoms with E-state index in [9.17, 15) is 15.0 Å². The Morgan fingerprint density at radius 3 is 2.76 bits per heavy atom. The van der Waals surface area contributed by atoms with Crippen LogP contribution in [0.2, 0.25) is 0 Å². The monoisotopic (exact) mass is 350 g/mol. The van der Waals surface area contributed by atoms with Crippen LogP contribution < -0.4 is 0 Å². The minimum atomic E-state index is -1.00. The predicted molar refractivity (Wildman–Crippen MR) is 88.7 cm³/mol. The molecule has 3 fully saturated rings. The summed E-state index contributed by atoms with van der Waals surface area (Å²) in [6, 6.07) is 0. The number of allylic oxidation sites excluding steroid dienone is 1. The number of ether oxygens (including phenoxy) is 3. The van der Waals surface area contributed by atoms with E-state index >= 15 is 0 Å². The molecule has 138 valence electrons. The van der Waals surface area contributed by atoms with Crippen molar-refractivity contribution in [3.63, 3.8) is 0 Å². The average Bonchev–Trinajstić information content (AvgIpc) is 3.35. The Morgan fingerprint density at radius 1 is 1.52 bits per heavy atom. The molecule has 0 amide bonds. The second-order valence-electron chi connectivity index (χ2n) is 8.28. The lowest BCUT2D eigenvalue weighted by Gasteiger charge is -2.57. The number of hydrogen-bond acceptors (Lipinski definition) is 6. The molecule has 6 heteroatoms. The summed E-state index contributed by atoms with van der Waals surface area (Å²) >= 11 is 0. The van der Waals surface area contributed by atoms with Crippen molar-refractivity contribution in [2.24, 2.45) is 10.8 Å². The van der Waals surface area contributed by atoms with Crippen molar-refractivity contribution in [1.82, 2.24) is 0 Å². The van der Waals surface area contributed by atoms with Gasteiger partial charge in [0.2, 0.25) is 0 Å². The molecule has 2 aliphatic carbocycles. The molecule has 2 heterocycles. The lowest BCUT2D eigenvalue weighted by Crippen LogP contribution is -2.66. The van der Waals surface area contributed by atoms with Crippen LogP contribution in [0, 0.1) is 10.8 Å². The van der Waals surface area contributed by atoms with Gasteiger partial charge in [-0.3, -0.25) is 0 Å². The second kappa shape index (κ2) is 5.16. The number of carbonyl (C=O) groups excluding carboxylic acids is 1. The molecule has 2 aliphatic heterocycles. The molecule has 2 bridgehead atoms. The lowest BCUT2D eigenvalue weighted by molar-refractivity contribution is -0.229. The zero-order valence-electron chi connectivity index (χ0n) is 14.9. The van der Waals surface area contributed by atoms with Crippen molar-refractivity contribution in [2.75, 3.05) is 13.2 Å². The van der Waals surface area contributed by atoms with Crippen LogP contribution in [0.3, 0.4) is 0 Å². The Hall–Kier alpha value is -1.21. The third-order valence-corrected chi connectivity index (χ3v) is 7.12. The van der Waals surface area contributed by atoms with Crippen molar-refractivity contribution in [1.29, 1.82) is 0 Å². The van der Waals surface area contributed by atoms with Gasteiger partial charge in [-0.1, -0.05) is 25.2 Å². The van der Waals surface area contributed by atoms with Crippen LogP contribution in [0.15, 0.2) is 23.8 Å². The SMILES string of the molecule is C=C(C)C(=O)O[C@@H]1[C@@H](O)[C@H]2O[C@@H]3C=C(C)CC[C@]3(CO)[C@]1(C)[C@]21CO1. The van der Waals surface area contributed by atoms with Crippen LogP contribution in [0.25, 0.3) is 0 Å². The summed E-state index contributed by atoms with van der Waals surface area (Å²) < 4.78 is 17.8. The Balaban J connectivity index is 1.84. The van der Waals surface area contributed by atoms with Crippen LogP contribution in [-0.2, 0) is 19.0 Å². The van der Waals surface area contributed by atoms with E-state index in [2.05, 4.69) is 6.58 Å². The average molecular weight is 350 g/mol. The van der Waals surface area contributed by atoms with Crippen molar-refractivity contribution < 1.29 is 29.2 Å². The number of hydrogen-bond donors (Lipinski definition) is 2. The molecular formula is C19H26O6. The van der Waals surface area contributed by atoms with E-state index in [0.717, 1.165) is 6.42 Å². The summed E-state index contributed by atoms with van der Waals surface area (Å²) in [6.07, 6.45) is 0.834. The number of carbonyl (C=O) groups is 1. The van der Waals surface area contributed by atoms with Gasteiger partial charge in [-0.05, 0) is 26.7 Å². The van der Waals surface area contributed by atoms with E-state index in [1.54, 1.807) is 6.92 Å². The molecule has 25 heavy (non-hydrogen) atoms.